The Hall–Kier alpha value is -5.36. The quantitative estimate of drug-likeness (QED) is 0.0648. The lowest BCUT2D eigenvalue weighted by molar-refractivity contribution is 0.102. The molecular weight excluding hydrogens is 758 g/mol. The maximum atomic E-state index is 13.7. The molecule has 1 aromatic heterocycles. The molecule has 10 nitrogen and oxygen atoms in total. The van der Waals surface area contributed by atoms with Gasteiger partial charge < -0.3 is 30.6 Å². The number of aromatic amines is 1. The molecule has 1 atom stereocenters. The maximum absolute atomic E-state index is 13.7. The van der Waals surface area contributed by atoms with E-state index in [4.69, 9.17) is 51.1 Å². The van der Waals surface area contributed by atoms with Gasteiger partial charge in [-0.2, -0.15) is 5.11 Å². The molecule has 1 aliphatic rings. The first-order valence-corrected chi connectivity index (χ1v) is 17.6. The molecular formula is C39H26Cl4N6O4. The fraction of sp³-hybridized carbons (Fsp3) is 0.0769. The number of aryl methyl sites for hydroxylation is 1. The van der Waals surface area contributed by atoms with Crippen LogP contribution in [0.4, 0.5) is 22.7 Å². The first-order chi connectivity index (χ1) is 25.5. The second kappa shape index (κ2) is 13.6. The van der Waals surface area contributed by atoms with Crippen LogP contribution in [0.25, 0.3) is 32.6 Å². The molecule has 14 heteroatoms. The van der Waals surface area contributed by atoms with Crippen molar-refractivity contribution in [3.63, 3.8) is 0 Å². The minimum Gasteiger partial charge on any atom is -0.505 e. The number of aliphatic hydroxyl groups is 1. The number of hydrogen-bond donors (Lipinski definition) is 5. The molecule has 5 N–H and O–H groups in total. The summed E-state index contributed by atoms with van der Waals surface area (Å²) in [6.45, 7) is 1.85. The van der Waals surface area contributed by atoms with Crippen LogP contribution in [-0.4, -0.2) is 34.0 Å². The number of fused-ring (bicyclic) bond motifs is 6. The number of methoxy groups -OCH3 is 1. The van der Waals surface area contributed by atoms with Crippen molar-refractivity contribution in [3.8, 4) is 11.5 Å². The number of H-pyrrole nitrogens is 1. The van der Waals surface area contributed by atoms with Gasteiger partial charge in [0.15, 0.2) is 12.0 Å². The number of carbonyl (C=O) groups excluding carboxylic acids is 1. The Morgan fingerprint density at radius 2 is 1.58 bits per heavy atom. The van der Waals surface area contributed by atoms with Crippen molar-refractivity contribution in [2.45, 2.75) is 13.2 Å². The molecule has 0 saturated carbocycles. The maximum Gasteiger partial charge on any atom is 0.259 e. The highest BCUT2D eigenvalue weighted by molar-refractivity contribution is 6.53. The molecule has 1 amide bonds. The number of hydrogen-bond acceptors (Lipinski definition) is 7. The Balaban J connectivity index is 1.19. The lowest BCUT2D eigenvalue weighted by atomic mass is 10.00. The first kappa shape index (κ1) is 34.7. The number of aromatic hydroxyl groups is 1. The number of amides is 1. The molecule has 0 radical (unpaired) electrons. The highest BCUT2D eigenvalue weighted by Crippen LogP contribution is 2.47. The third kappa shape index (κ3) is 5.98. The number of halogens is 4. The van der Waals surface area contributed by atoms with E-state index in [1.807, 2.05) is 49.4 Å². The fourth-order valence-corrected chi connectivity index (χ4v) is 7.53. The zero-order valence-corrected chi connectivity index (χ0v) is 30.7. The van der Waals surface area contributed by atoms with Crippen LogP contribution in [0, 0.1) is 6.92 Å². The lowest BCUT2D eigenvalue weighted by Crippen LogP contribution is -2.19. The van der Waals surface area contributed by atoms with Crippen molar-refractivity contribution in [2.75, 3.05) is 12.4 Å². The van der Waals surface area contributed by atoms with Crippen LogP contribution >= 0.6 is 46.4 Å². The van der Waals surface area contributed by atoms with Crippen LogP contribution < -0.4 is 15.4 Å². The van der Waals surface area contributed by atoms with E-state index in [-0.39, 0.29) is 48.5 Å². The molecule has 53 heavy (non-hydrogen) atoms. The molecule has 0 spiro atoms. The standard InChI is InChI=1S/C39H26Cl4N6O4/c1-17-15-21(53-2)12-14-25(17)46-38(51)24-16-18-7-13-23-22-5-3-4-6-26(22)45-34(23)27(18)35(36(24)50)49-48-20-10-8-19(9-11-20)44-37-28-29(39(52)47-37)31(41)33(43)32(42)30(28)40/h3-16,39,45,50,52H,1-2H3,(H,44,47)(H,46,51). The van der Waals surface area contributed by atoms with Crippen LogP contribution in [-0.2, 0) is 0 Å². The molecule has 0 aliphatic carbocycles. The first-order valence-electron chi connectivity index (χ1n) is 16.1. The van der Waals surface area contributed by atoms with Gasteiger partial charge in [0.2, 0.25) is 0 Å². The molecule has 264 valence electrons. The Morgan fingerprint density at radius 3 is 2.34 bits per heavy atom. The van der Waals surface area contributed by atoms with E-state index in [9.17, 15) is 15.0 Å². The molecule has 7 aromatic rings. The summed E-state index contributed by atoms with van der Waals surface area (Å²) in [6.07, 6.45) is -1.19. The molecule has 2 heterocycles. The molecule has 1 aliphatic heterocycles. The molecule has 0 saturated heterocycles. The number of ether oxygens (including phenoxy) is 1. The average molecular weight is 784 g/mol. The predicted molar refractivity (Wildman–Crippen MR) is 212 cm³/mol. The number of phenolic OH excluding ortho intramolecular Hbond substituents is 1. The SMILES string of the molecule is COc1ccc(NC(=O)c2cc3ccc4c5ccccc5[nH]c4c3c(N=Nc3ccc(N=C4NC(O)c5c(Cl)c(Cl)c(Cl)c(Cl)c54)cc3)c2O)c(C)c1. The summed E-state index contributed by atoms with van der Waals surface area (Å²) in [4.78, 5) is 21.8. The highest BCUT2D eigenvalue weighted by Gasteiger charge is 2.34. The molecule has 0 bridgehead atoms. The summed E-state index contributed by atoms with van der Waals surface area (Å²) in [5.74, 6) is 0.0545. The van der Waals surface area contributed by atoms with Gasteiger partial charge in [0, 0.05) is 38.5 Å². The number of anilines is 1. The van der Waals surface area contributed by atoms with E-state index < -0.39 is 12.1 Å². The van der Waals surface area contributed by atoms with Crippen molar-refractivity contribution in [3.05, 3.63) is 127 Å². The number of nitrogens with zero attached hydrogens (tertiary/aromatic N) is 3. The number of para-hydroxylation sites is 1. The van der Waals surface area contributed by atoms with E-state index in [0.717, 1.165) is 27.4 Å². The molecule has 6 aromatic carbocycles. The van der Waals surface area contributed by atoms with Crippen LogP contribution in [0.1, 0.15) is 33.3 Å². The van der Waals surface area contributed by atoms with Crippen molar-refractivity contribution >= 4 is 113 Å². The number of phenols is 1. The Bertz CT molecular complexity index is 2730. The lowest BCUT2D eigenvalue weighted by Gasteiger charge is -2.13. The van der Waals surface area contributed by atoms with Gasteiger partial charge in [-0.3, -0.25) is 4.79 Å². The second-order valence-corrected chi connectivity index (χ2v) is 13.8. The summed E-state index contributed by atoms with van der Waals surface area (Å²) in [5, 5.41) is 40.6. The van der Waals surface area contributed by atoms with Gasteiger partial charge >= 0.3 is 0 Å². The van der Waals surface area contributed by atoms with Gasteiger partial charge in [-0.05, 0) is 72.5 Å². The Labute approximate surface area is 321 Å². The van der Waals surface area contributed by atoms with Crippen LogP contribution in [0.5, 0.6) is 11.5 Å². The number of amidine groups is 1. The smallest absolute Gasteiger partial charge is 0.259 e. The Morgan fingerprint density at radius 1 is 0.849 bits per heavy atom. The van der Waals surface area contributed by atoms with Crippen molar-refractivity contribution in [1.82, 2.24) is 10.3 Å². The number of nitrogens with one attached hydrogen (secondary N) is 3. The topological polar surface area (TPSA) is 144 Å². The third-order valence-electron chi connectivity index (χ3n) is 9.10. The fourth-order valence-electron chi connectivity index (χ4n) is 6.47. The minimum absolute atomic E-state index is 0.0231. The second-order valence-electron chi connectivity index (χ2n) is 12.3. The van der Waals surface area contributed by atoms with E-state index in [1.165, 1.54) is 0 Å². The predicted octanol–water partition coefficient (Wildman–Crippen LogP) is 11.5. The summed E-state index contributed by atoms with van der Waals surface area (Å²) >= 11 is 25.3. The summed E-state index contributed by atoms with van der Waals surface area (Å²) < 4.78 is 5.30. The van der Waals surface area contributed by atoms with Crippen LogP contribution in [0.15, 0.2) is 100 Å². The van der Waals surface area contributed by atoms with Gasteiger partial charge in [0.25, 0.3) is 5.91 Å². The minimum atomic E-state index is -1.19. The largest absolute Gasteiger partial charge is 0.505 e. The van der Waals surface area contributed by atoms with Gasteiger partial charge in [-0.25, -0.2) is 4.99 Å². The van der Waals surface area contributed by atoms with E-state index >= 15 is 0 Å². The number of aromatic nitrogens is 1. The highest BCUT2D eigenvalue weighted by atomic mass is 35.5. The number of aliphatic imine (C=N–C) groups is 1. The average Bonchev–Trinajstić information content (AvgIpc) is 3.70. The van der Waals surface area contributed by atoms with Crippen molar-refractivity contribution < 1.29 is 19.7 Å². The number of rotatable bonds is 6. The third-order valence-corrected chi connectivity index (χ3v) is 10.9. The number of azo groups is 1. The van der Waals surface area contributed by atoms with Gasteiger partial charge in [0.05, 0.1) is 49.7 Å². The van der Waals surface area contributed by atoms with Crippen molar-refractivity contribution in [2.24, 2.45) is 15.2 Å². The summed E-state index contributed by atoms with van der Waals surface area (Å²) in [5.41, 5.74) is 4.69. The normalized spacial score (nSPS) is 14.8. The zero-order valence-electron chi connectivity index (χ0n) is 27.7. The van der Waals surface area contributed by atoms with E-state index in [1.54, 1.807) is 49.6 Å². The van der Waals surface area contributed by atoms with Crippen molar-refractivity contribution in [1.29, 1.82) is 0 Å². The van der Waals surface area contributed by atoms with Crippen LogP contribution in [0.2, 0.25) is 20.1 Å². The number of benzene rings is 6. The number of aliphatic hydroxyl groups excluding tert-OH is 1. The summed E-state index contributed by atoms with van der Waals surface area (Å²) in [7, 11) is 1.57. The molecule has 8 rings (SSSR count). The van der Waals surface area contributed by atoms with Gasteiger partial charge in [0.1, 0.15) is 17.3 Å². The molecule has 1 unspecified atom stereocenters. The van der Waals surface area contributed by atoms with Gasteiger partial charge in [-0.1, -0.05) is 76.7 Å². The van der Waals surface area contributed by atoms with E-state index in [2.05, 4.69) is 30.8 Å². The zero-order chi connectivity index (χ0) is 37.1. The molecule has 0 fully saturated rings. The van der Waals surface area contributed by atoms with Gasteiger partial charge in [-0.15, -0.1) is 5.11 Å². The van der Waals surface area contributed by atoms with E-state index in [0.29, 0.717) is 39.1 Å². The summed E-state index contributed by atoms with van der Waals surface area (Å²) in [6, 6.07) is 25.4. The Kier molecular flexibility index (Phi) is 8.88. The number of carbonyl (C=O) groups is 1. The van der Waals surface area contributed by atoms with Crippen LogP contribution in [0.3, 0.4) is 0 Å². The monoisotopic (exact) mass is 782 g/mol.